The highest BCUT2D eigenvalue weighted by atomic mass is 35.5. The first-order valence-electron chi connectivity index (χ1n) is 20.7. The normalized spacial score (nSPS) is 17.7. The number of nitrogens with one attached hydrogen (secondary N) is 2. The summed E-state index contributed by atoms with van der Waals surface area (Å²) in [5.74, 6) is -0.846. The number of pyridine rings is 1. The van der Waals surface area contributed by atoms with Gasteiger partial charge in [-0.15, -0.1) is 0 Å². The molecule has 8 rings (SSSR count). The summed E-state index contributed by atoms with van der Waals surface area (Å²) in [4.78, 5) is 38.3. The average Bonchev–Trinajstić information content (AvgIpc) is 3.72. The summed E-state index contributed by atoms with van der Waals surface area (Å²) in [5, 5.41) is 1.54. The number of halogens is 1. The molecule has 4 heterocycles. The van der Waals surface area contributed by atoms with Gasteiger partial charge in [0.05, 0.1) is 28.8 Å². The van der Waals surface area contributed by atoms with Gasteiger partial charge < -0.3 is 29.8 Å². The van der Waals surface area contributed by atoms with Crippen LogP contribution >= 0.6 is 11.6 Å². The maximum atomic E-state index is 13.9. The molecular weight excluding hydrogens is 816 g/mol. The number of rotatable bonds is 13. The molecule has 0 bridgehead atoms. The maximum absolute atomic E-state index is 13.9. The largest absolute Gasteiger partial charge is 0.492 e. The highest BCUT2D eigenvalue weighted by molar-refractivity contribution is 7.90. The summed E-state index contributed by atoms with van der Waals surface area (Å²) in [5.41, 5.74) is 11.4. The van der Waals surface area contributed by atoms with Crippen molar-refractivity contribution in [1.29, 1.82) is 0 Å². The van der Waals surface area contributed by atoms with Crippen molar-refractivity contribution < 1.29 is 32.2 Å². The van der Waals surface area contributed by atoms with Crippen molar-refractivity contribution in [2.45, 2.75) is 50.8 Å². The number of H-pyrrole nitrogens is 1. The minimum atomic E-state index is -4.48. The van der Waals surface area contributed by atoms with Gasteiger partial charge in [0.2, 0.25) is 0 Å². The third kappa shape index (κ3) is 10.0. The molecule has 3 aliphatic rings. The number of nitrogens with zero attached hydrogens (tertiary/aromatic N) is 3. The zero-order chi connectivity index (χ0) is 42.7. The zero-order valence-electron chi connectivity index (χ0n) is 34.4. The molecule has 13 nitrogen and oxygen atoms in total. The van der Waals surface area contributed by atoms with E-state index in [0.717, 1.165) is 87.0 Å². The Bertz CT molecular complexity index is 2560. The molecule has 5 aromatic rings. The fourth-order valence-electron chi connectivity index (χ4n) is 8.33. The van der Waals surface area contributed by atoms with Gasteiger partial charge in [0.25, 0.3) is 21.8 Å². The zero-order valence-corrected chi connectivity index (χ0v) is 36.0. The number of aromatic amines is 1. The molecule has 0 spiro atoms. The molecule has 0 atom stereocenters. The molecule has 1 aliphatic carbocycles. The highest BCUT2D eigenvalue weighted by Crippen LogP contribution is 2.43. The van der Waals surface area contributed by atoms with E-state index in [2.05, 4.69) is 50.5 Å². The Morgan fingerprint density at radius 1 is 0.967 bits per heavy atom. The molecule has 2 aliphatic heterocycles. The minimum absolute atomic E-state index is 0.00597. The SMILES string of the molecule is CC1(C)CCC(CN2CCN(c3ccc(C(=O)NS(=O)(=O)c4ccc(OCC5CCOCC5)c(C(N)=O)c4)c(Oc4cnc5[nH]ccc5c4)c3)CC2)=C(c2ccc(Cl)cc2)C1. The number of carbonyl (C=O) groups is 2. The van der Waals surface area contributed by atoms with Crippen LogP contribution in [-0.4, -0.2) is 87.6 Å². The van der Waals surface area contributed by atoms with Crippen LogP contribution in [0.3, 0.4) is 0 Å². The number of primary amides is 1. The number of amides is 2. The Morgan fingerprint density at radius 2 is 1.74 bits per heavy atom. The molecule has 61 heavy (non-hydrogen) atoms. The monoisotopic (exact) mass is 866 g/mol. The summed E-state index contributed by atoms with van der Waals surface area (Å²) in [6.45, 7) is 10.3. The van der Waals surface area contributed by atoms with Gasteiger partial charge in [0, 0.05) is 74.3 Å². The van der Waals surface area contributed by atoms with Crippen LogP contribution in [0, 0.1) is 11.3 Å². The second kappa shape index (κ2) is 17.9. The van der Waals surface area contributed by atoms with Gasteiger partial charge in [0.1, 0.15) is 22.9 Å². The summed E-state index contributed by atoms with van der Waals surface area (Å²) in [6, 6.07) is 20.8. The van der Waals surface area contributed by atoms with Crippen LogP contribution in [0.5, 0.6) is 17.2 Å². The number of nitrogens with two attached hydrogens (primary N) is 1. The Balaban J connectivity index is 1.00. The number of carbonyl (C=O) groups excluding carboxylic acids is 2. The number of hydrogen-bond donors (Lipinski definition) is 3. The molecule has 0 saturated carbocycles. The van der Waals surface area contributed by atoms with Crippen molar-refractivity contribution >= 4 is 55.7 Å². The number of hydrogen-bond acceptors (Lipinski definition) is 10. The van der Waals surface area contributed by atoms with Crippen LogP contribution in [0.1, 0.15) is 72.2 Å². The van der Waals surface area contributed by atoms with E-state index >= 15 is 0 Å². The van der Waals surface area contributed by atoms with Gasteiger partial charge in [-0.2, -0.15) is 0 Å². The van der Waals surface area contributed by atoms with Crippen LogP contribution in [0.15, 0.2) is 95.7 Å². The summed E-state index contributed by atoms with van der Waals surface area (Å²) in [6.07, 6.45) is 8.15. The number of piperazine rings is 1. The summed E-state index contributed by atoms with van der Waals surface area (Å²) < 4.78 is 47.2. The lowest BCUT2D eigenvalue weighted by molar-refractivity contribution is 0.0495. The number of anilines is 1. The van der Waals surface area contributed by atoms with Crippen molar-refractivity contribution in [1.82, 2.24) is 19.6 Å². The quantitative estimate of drug-likeness (QED) is 0.106. The number of ether oxygens (including phenoxy) is 3. The third-order valence-corrected chi connectivity index (χ3v) is 13.5. The standard InChI is InChI=1S/C46H51ClN6O7S/c1-46(2)15-11-33(40(26-46)31-3-5-34(47)6-4-31)28-52-17-19-53(20-18-52)35-7-9-38(42(24-35)60-36-23-32-12-16-49-44(32)50-27-36)45(55)51-61(56,57)37-8-10-41(39(25-37)43(48)54)59-29-30-13-21-58-22-14-30/h3-10,12,16,23-25,27,30H,11,13-15,17-22,26,28-29H2,1-2H3,(H2,48,54)(H,49,50)(H,51,55). The van der Waals surface area contributed by atoms with E-state index in [1.54, 1.807) is 36.7 Å². The lowest BCUT2D eigenvalue weighted by Gasteiger charge is -2.39. The van der Waals surface area contributed by atoms with Crippen molar-refractivity contribution in [3.05, 3.63) is 112 Å². The first-order chi connectivity index (χ1) is 29.3. The van der Waals surface area contributed by atoms with Gasteiger partial charge >= 0.3 is 0 Å². The first kappa shape index (κ1) is 42.3. The number of fused-ring (bicyclic) bond motifs is 1. The molecule has 2 aromatic heterocycles. The van der Waals surface area contributed by atoms with E-state index in [1.807, 2.05) is 18.2 Å². The molecule has 4 N–H and O–H groups in total. The molecule has 0 unspecified atom stereocenters. The van der Waals surface area contributed by atoms with Crippen LogP contribution in [0.25, 0.3) is 16.6 Å². The Labute approximate surface area is 361 Å². The molecule has 3 aromatic carbocycles. The Morgan fingerprint density at radius 3 is 2.49 bits per heavy atom. The van der Waals surface area contributed by atoms with Gasteiger partial charge in [-0.25, -0.2) is 18.1 Å². The lowest BCUT2D eigenvalue weighted by atomic mass is 9.72. The highest BCUT2D eigenvalue weighted by Gasteiger charge is 2.30. The van der Waals surface area contributed by atoms with Gasteiger partial charge in [-0.05, 0) is 109 Å². The number of allylic oxidation sites excluding steroid dienone is 1. The summed E-state index contributed by atoms with van der Waals surface area (Å²) >= 11 is 6.24. The molecule has 2 amide bonds. The first-order valence-corrected chi connectivity index (χ1v) is 22.6. The Kier molecular flexibility index (Phi) is 12.4. The van der Waals surface area contributed by atoms with E-state index in [0.29, 0.717) is 31.2 Å². The molecule has 0 radical (unpaired) electrons. The Hall–Kier alpha value is -5.41. The van der Waals surface area contributed by atoms with Gasteiger partial charge in [-0.1, -0.05) is 43.2 Å². The van der Waals surface area contributed by atoms with E-state index in [-0.39, 0.29) is 38.9 Å². The second-order valence-electron chi connectivity index (χ2n) is 16.9. The van der Waals surface area contributed by atoms with Crippen LogP contribution in [-0.2, 0) is 14.8 Å². The molecule has 2 saturated heterocycles. The molecule has 320 valence electrons. The van der Waals surface area contributed by atoms with Gasteiger partial charge in [0.15, 0.2) is 0 Å². The minimum Gasteiger partial charge on any atom is -0.492 e. The van der Waals surface area contributed by atoms with Crippen LogP contribution in [0.2, 0.25) is 5.02 Å². The smallest absolute Gasteiger partial charge is 0.268 e. The molecular formula is C46H51ClN6O7S. The average molecular weight is 867 g/mol. The topological polar surface area (TPSA) is 169 Å². The van der Waals surface area contributed by atoms with Crippen molar-refractivity contribution in [2.75, 3.05) is 57.4 Å². The fourth-order valence-corrected chi connectivity index (χ4v) is 9.45. The van der Waals surface area contributed by atoms with Crippen LogP contribution < -0.4 is 24.8 Å². The predicted octanol–water partition coefficient (Wildman–Crippen LogP) is 7.82. The number of benzene rings is 3. The second-order valence-corrected chi connectivity index (χ2v) is 19.0. The number of sulfonamides is 1. The fraction of sp³-hybridized carbons (Fsp3) is 0.370. The van der Waals surface area contributed by atoms with E-state index < -0.39 is 21.8 Å². The van der Waals surface area contributed by atoms with Crippen molar-refractivity contribution in [3.63, 3.8) is 0 Å². The third-order valence-electron chi connectivity index (χ3n) is 11.9. The lowest BCUT2D eigenvalue weighted by Crippen LogP contribution is -2.47. The van der Waals surface area contributed by atoms with E-state index in [4.69, 9.17) is 31.5 Å². The van der Waals surface area contributed by atoms with Crippen molar-refractivity contribution in [3.8, 4) is 17.2 Å². The van der Waals surface area contributed by atoms with Crippen molar-refractivity contribution in [2.24, 2.45) is 17.1 Å². The predicted molar refractivity (Wildman–Crippen MR) is 236 cm³/mol. The van der Waals surface area contributed by atoms with E-state index in [1.165, 1.54) is 28.8 Å². The molecule has 15 heteroatoms. The summed E-state index contributed by atoms with van der Waals surface area (Å²) in [7, 11) is -4.48. The molecule has 2 fully saturated rings. The van der Waals surface area contributed by atoms with E-state index in [9.17, 15) is 18.0 Å². The van der Waals surface area contributed by atoms with Gasteiger partial charge in [-0.3, -0.25) is 14.5 Å². The van der Waals surface area contributed by atoms with Crippen LogP contribution in [0.4, 0.5) is 5.69 Å². The maximum Gasteiger partial charge on any atom is 0.268 e. The number of aromatic nitrogens is 2.